The molecule has 2 heterocycles. The van der Waals surface area contributed by atoms with E-state index < -0.39 is 0 Å². The van der Waals surface area contributed by atoms with Crippen molar-refractivity contribution in [2.24, 2.45) is 5.73 Å². The number of nitrogens with two attached hydrogens (primary N) is 1. The average molecular weight is 268 g/mol. The summed E-state index contributed by atoms with van der Waals surface area (Å²) in [5.41, 5.74) is 7.81. The minimum absolute atomic E-state index is 0. The SMILES string of the molecule is CCc1nc(-c2ccc3c(c2)OC[C@H]3N)no1.Cl. The first-order chi connectivity index (χ1) is 8.28. The summed E-state index contributed by atoms with van der Waals surface area (Å²) >= 11 is 0. The summed E-state index contributed by atoms with van der Waals surface area (Å²) in [4.78, 5) is 4.28. The number of ether oxygens (including phenoxy) is 1. The topological polar surface area (TPSA) is 74.2 Å². The molecule has 6 heteroatoms. The molecule has 1 aliphatic heterocycles. The predicted molar refractivity (Wildman–Crippen MR) is 68.8 cm³/mol. The highest BCUT2D eigenvalue weighted by Crippen LogP contribution is 2.33. The van der Waals surface area contributed by atoms with E-state index in [0.29, 0.717) is 18.3 Å². The van der Waals surface area contributed by atoms with E-state index in [4.69, 9.17) is 15.0 Å². The van der Waals surface area contributed by atoms with Crippen LogP contribution in [0.3, 0.4) is 0 Å². The third kappa shape index (κ3) is 2.07. The molecule has 0 aliphatic carbocycles. The monoisotopic (exact) mass is 267 g/mol. The first-order valence-electron chi connectivity index (χ1n) is 5.63. The van der Waals surface area contributed by atoms with Gasteiger partial charge in [-0.1, -0.05) is 24.2 Å². The van der Waals surface area contributed by atoms with Gasteiger partial charge in [0.05, 0.1) is 6.04 Å². The van der Waals surface area contributed by atoms with Crippen LogP contribution in [0, 0.1) is 0 Å². The summed E-state index contributed by atoms with van der Waals surface area (Å²) < 4.78 is 10.6. The van der Waals surface area contributed by atoms with Gasteiger partial charge in [0, 0.05) is 17.5 Å². The Balaban J connectivity index is 0.00000120. The lowest BCUT2D eigenvalue weighted by atomic mass is 10.1. The first kappa shape index (κ1) is 12.9. The highest BCUT2D eigenvalue weighted by Gasteiger charge is 2.21. The molecule has 0 spiro atoms. The molecule has 1 aliphatic rings. The van der Waals surface area contributed by atoms with Gasteiger partial charge in [0.2, 0.25) is 11.7 Å². The predicted octanol–water partition coefficient (Wildman–Crippen LogP) is 2.11. The number of hydrogen-bond donors (Lipinski definition) is 1. The zero-order chi connectivity index (χ0) is 11.8. The van der Waals surface area contributed by atoms with Crippen molar-refractivity contribution < 1.29 is 9.26 Å². The lowest BCUT2D eigenvalue weighted by Gasteiger charge is -2.01. The smallest absolute Gasteiger partial charge is 0.226 e. The third-order valence-corrected chi connectivity index (χ3v) is 2.86. The second-order valence-corrected chi connectivity index (χ2v) is 4.04. The molecular weight excluding hydrogens is 254 g/mol. The average Bonchev–Trinajstić information content (AvgIpc) is 2.96. The maximum atomic E-state index is 5.89. The molecule has 3 rings (SSSR count). The molecule has 0 fully saturated rings. The summed E-state index contributed by atoms with van der Waals surface area (Å²) in [5.74, 6) is 2.05. The minimum Gasteiger partial charge on any atom is -0.491 e. The number of rotatable bonds is 2. The summed E-state index contributed by atoms with van der Waals surface area (Å²) in [6, 6.07) is 5.78. The number of aryl methyl sites for hydroxylation is 1. The van der Waals surface area contributed by atoms with E-state index in [1.165, 1.54) is 0 Å². The standard InChI is InChI=1S/C12H13N3O2.ClH/c1-2-11-14-12(15-17-11)7-3-4-8-9(13)6-16-10(8)5-7;/h3-5,9H,2,6,13H2,1H3;1H/t9-;/m1./s1. The van der Waals surface area contributed by atoms with E-state index in [0.717, 1.165) is 23.3 Å². The van der Waals surface area contributed by atoms with Crippen LogP contribution in [0.1, 0.15) is 24.4 Å². The van der Waals surface area contributed by atoms with Crippen LogP contribution in [0.4, 0.5) is 0 Å². The molecular formula is C12H14ClN3O2. The first-order valence-corrected chi connectivity index (χ1v) is 5.63. The van der Waals surface area contributed by atoms with Gasteiger partial charge < -0.3 is 15.0 Å². The van der Waals surface area contributed by atoms with Gasteiger partial charge in [-0.3, -0.25) is 0 Å². The van der Waals surface area contributed by atoms with Gasteiger partial charge in [0.15, 0.2) is 0 Å². The molecule has 0 unspecified atom stereocenters. The fraction of sp³-hybridized carbons (Fsp3) is 0.333. The van der Waals surface area contributed by atoms with Crippen molar-refractivity contribution in [3.05, 3.63) is 29.7 Å². The van der Waals surface area contributed by atoms with Crippen LogP contribution in [0.15, 0.2) is 22.7 Å². The number of halogens is 1. The second kappa shape index (κ2) is 4.96. The Bertz CT molecular complexity index is 556. The van der Waals surface area contributed by atoms with Gasteiger partial charge in [-0.15, -0.1) is 12.4 Å². The molecule has 0 saturated carbocycles. The summed E-state index contributed by atoms with van der Waals surface area (Å²) in [6.07, 6.45) is 0.735. The number of hydrogen-bond acceptors (Lipinski definition) is 5. The van der Waals surface area contributed by atoms with Crippen molar-refractivity contribution in [2.45, 2.75) is 19.4 Å². The highest BCUT2D eigenvalue weighted by molar-refractivity contribution is 5.85. The maximum Gasteiger partial charge on any atom is 0.226 e. The molecule has 1 aromatic carbocycles. The molecule has 5 nitrogen and oxygen atoms in total. The van der Waals surface area contributed by atoms with Gasteiger partial charge in [-0.25, -0.2) is 0 Å². The van der Waals surface area contributed by atoms with Crippen LogP contribution in [-0.2, 0) is 6.42 Å². The zero-order valence-corrected chi connectivity index (χ0v) is 10.7. The molecule has 2 N–H and O–H groups in total. The Hall–Kier alpha value is -1.59. The minimum atomic E-state index is -0.0319. The Labute approximate surface area is 111 Å². The molecule has 0 radical (unpaired) electrons. The van der Waals surface area contributed by atoms with E-state index in [1.54, 1.807) is 0 Å². The van der Waals surface area contributed by atoms with Crippen molar-refractivity contribution >= 4 is 12.4 Å². The molecule has 1 atom stereocenters. The van der Waals surface area contributed by atoms with Gasteiger partial charge in [0.1, 0.15) is 12.4 Å². The molecule has 18 heavy (non-hydrogen) atoms. The zero-order valence-electron chi connectivity index (χ0n) is 9.92. The molecule has 96 valence electrons. The molecule has 0 bridgehead atoms. The largest absolute Gasteiger partial charge is 0.491 e. The van der Waals surface area contributed by atoms with Crippen molar-refractivity contribution in [1.29, 1.82) is 0 Å². The van der Waals surface area contributed by atoms with Crippen LogP contribution < -0.4 is 10.5 Å². The van der Waals surface area contributed by atoms with Crippen molar-refractivity contribution in [3.8, 4) is 17.1 Å². The van der Waals surface area contributed by atoms with E-state index in [1.807, 2.05) is 25.1 Å². The lowest BCUT2D eigenvalue weighted by molar-refractivity contribution is 0.333. The van der Waals surface area contributed by atoms with E-state index in [2.05, 4.69) is 10.1 Å². The second-order valence-electron chi connectivity index (χ2n) is 4.04. The van der Waals surface area contributed by atoms with Crippen LogP contribution in [0.5, 0.6) is 5.75 Å². The normalized spacial score (nSPS) is 16.9. The van der Waals surface area contributed by atoms with Crippen LogP contribution in [0.2, 0.25) is 0 Å². The maximum absolute atomic E-state index is 5.89. The van der Waals surface area contributed by atoms with E-state index >= 15 is 0 Å². The van der Waals surface area contributed by atoms with Crippen LogP contribution >= 0.6 is 12.4 Å². The molecule has 2 aromatic rings. The Kier molecular flexibility index (Phi) is 3.54. The third-order valence-electron chi connectivity index (χ3n) is 2.86. The Morgan fingerprint density at radius 1 is 1.44 bits per heavy atom. The van der Waals surface area contributed by atoms with Gasteiger partial charge >= 0.3 is 0 Å². The molecule has 1 aromatic heterocycles. The summed E-state index contributed by atoms with van der Waals surface area (Å²) in [7, 11) is 0. The van der Waals surface area contributed by atoms with Gasteiger partial charge in [0.25, 0.3) is 0 Å². The number of fused-ring (bicyclic) bond motifs is 1. The van der Waals surface area contributed by atoms with Crippen molar-refractivity contribution in [3.63, 3.8) is 0 Å². The fourth-order valence-electron chi connectivity index (χ4n) is 1.89. The molecule has 0 saturated heterocycles. The number of nitrogens with zero attached hydrogens (tertiary/aromatic N) is 2. The number of aromatic nitrogens is 2. The van der Waals surface area contributed by atoms with E-state index in [-0.39, 0.29) is 18.4 Å². The summed E-state index contributed by atoms with van der Waals surface area (Å²) in [6.45, 7) is 2.51. The highest BCUT2D eigenvalue weighted by atomic mass is 35.5. The van der Waals surface area contributed by atoms with E-state index in [9.17, 15) is 0 Å². The van der Waals surface area contributed by atoms with Gasteiger partial charge in [-0.2, -0.15) is 4.98 Å². The van der Waals surface area contributed by atoms with Gasteiger partial charge in [-0.05, 0) is 6.07 Å². The lowest BCUT2D eigenvalue weighted by Crippen LogP contribution is -2.10. The van der Waals surface area contributed by atoms with Crippen LogP contribution in [-0.4, -0.2) is 16.7 Å². The van der Waals surface area contributed by atoms with Crippen LogP contribution in [0.25, 0.3) is 11.4 Å². The fourth-order valence-corrected chi connectivity index (χ4v) is 1.89. The molecule has 0 amide bonds. The Morgan fingerprint density at radius 3 is 3.00 bits per heavy atom. The van der Waals surface area contributed by atoms with Crippen molar-refractivity contribution in [2.75, 3.05) is 6.61 Å². The Morgan fingerprint density at radius 2 is 2.28 bits per heavy atom. The quantitative estimate of drug-likeness (QED) is 0.902. The number of benzene rings is 1. The van der Waals surface area contributed by atoms with Crippen molar-refractivity contribution in [1.82, 2.24) is 10.1 Å². The summed E-state index contributed by atoms with van der Waals surface area (Å²) in [5, 5.41) is 3.93.